The van der Waals surface area contributed by atoms with Gasteiger partial charge in [-0.05, 0) is 39.5 Å². The van der Waals surface area contributed by atoms with Crippen molar-refractivity contribution in [1.82, 2.24) is 10.6 Å². The van der Waals surface area contributed by atoms with E-state index >= 15 is 0 Å². The molecular formula is C28H51N3O14. The number of carbonyl (C=O) groups is 2. The summed E-state index contributed by atoms with van der Waals surface area (Å²) in [5.41, 5.74) is 5.11. The Kier molecular flexibility index (Phi) is 12.9. The SMILES string of the molecule is CCC1OC(C2C(C)CC(NC(=O)C(O)CNC(=O)OC(C)(C)C)C(OC3OC(CO)C(O)C(N)C3O)C2O)C(O)C(O)C1O. The Morgan fingerprint density at radius 1 is 0.956 bits per heavy atom. The fraction of sp³-hybridized carbons (Fsp3) is 0.929. The maximum atomic E-state index is 13.0. The summed E-state index contributed by atoms with van der Waals surface area (Å²) in [6.07, 6.45) is -17.7. The predicted octanol–water partition coefficient (Wildman–Crippen LogP) is -4.21. The molecule has 0 aromatic carbocycles. The third kappa shape index (κ3) is 8.79. The first-order valence-electron chi connectivity index (χ1n) is 15.3. The Morgan fingerprint density at radius 2 is 1.60 bits per heavy atom. The summed E-state index contributed by atoms with van der Waals surface area (Å²) in [4.78, 5) is 25.0. The lowest BCUT2D eigenvalue weighted by Gasteiger charge is -2.52. The highest BCUT2D eigenvalue weighted by molar-refractivity contribution is 5.81. The second-order valence-electron chi connectivity index (χ2n) is 13.2. The lowest BCUT2D eigenvalue weighted by Crippen LogP contribution is -2.68. The van der Waals surface area contributed by atoms with Crippen molar-refractivity contribution in [3.8, 4) is 0 Å². The monoisotopic (exact) mass is 653 g/mol. The summed E-state index contributed by atoms with van der Waals surface area (Å²) in [5.74, 6) is -2.40. The van der Waals surface area contributed by atoms with Crippen molar-refractivity contribution < 1.29 is 69.4 Å². The molecule has 0 spiro atoms. The minimum atomic E-state index is -1.74. The van der Waals surface area contributed by atoms with E-state index in [-0.39, 0.29) is 12.8 Å². The van der Waals surface area contributed by atoms with E-state index in [2.05, 4.69) is 10.6 Å². The number of nitrogens with one attached hydrogen (secondary N) is 2. The molecule has 0 aromatic rings. The molecule has 2 heterocycles. The molecule has 17 nitrogen and oxygen atoms in total. The number of amides is 2. The first-order valence-corrected chi connectivity index (χ1v) is 15.3. The highest BCUT2D eigenvalue weighted by atomic mass is 16.7. The molecule has 3 rings (SSSR count). The minimum absolute atomic E-state index is 0.0628. The van der Waals surface area contributed by atoms with Gasteiger partial charge in [0.25, 0.3) is 5.91 Å². The van der Waals surface area contributed by atoms with E-state index < -0.39 is 128 Å². The molecule has 3 fully saturated rings. The molecule has 0 radical (unpaired) electrons. The van der Waals surface area contributed by atoms with E-state index in [4.69, 9.17) is 24.7 Å². The number of alkyl carbamates (subject to hydrolysis) is 1. The number of nitrogens with two attached hydrogens (primary N) is 1. The van der Waals surface area contributed by atoms with E-state index in [1.54, 1.807) is 34.6 Å². The first-order chi connectivity index (χ1) is 20.9. The zero-order chi connectivity index (χ0) is 34.0. The van der Waals surface area contributed by atoms with Gasteiger partial charge in [-0.2, -0.15) is 0 Å². The van der Waals surface area contributed by atoms with Crippen LogP contribution in [-0.4, -0.2) is 157 Å². The molecule has 2 aliphatic heterocycles. The van der Waals surface area contributed by atoms with Crippen molar-refractivity contribution in [3.63, 3.8) is 0 Å². The molecule has 0 bridgehead atoms. The maximum absolute atomic E-state index is 13.0. The Labute approximate surface area is 261 Å². The van der Waals surface area contributed by atoms with Crippen LogP contribution in [0.1, 0.15) is 47.5 Å². The van der Waals surface area contributed by atoms with Gasteiger partial charge in [0.05, 0.1) is 43.5 Å². The van der Waals surface area contributed by atoms with Gasteiger partial charge >= 0.3 is 6.09 Å². The van der Waals surface area contributed by atoms with Crippen LogP contribution in [0.5, 0.6) is 0 Å². The van der Waals surface area contributed by atoms with Crippen LogP contribution < -0.4 is 16.4 Å². The highest BCUT2D eigenvalue weighted by Gasteiger charge is 2.55. The van der Waals surface area contributed by atoms with Gasteiger partial charge in [-0.15, -0.1) is 0 Å². The topological polar surface area (TPSA) is 283 Å². The number of aliphatic hydroxyl groups is 8. The lowest BCUT2D eigenvalue weighted by molar-refractivity contribution is -0.312. The van der Waals surface area contributed by atoms with Crippen molar-refractivity contribution in [1.29, 1.82) is 0 Å². The second-order valence-corrected chi connectivity index (χ2v) is 13.2. The molecule has 1 aliphatic carbocycles. The molecule has 1 saturated carbocycles. The van der Waals surface area contributed by atoms with Crippen molar-refractivity contribution >= 4 is 12.0 Å². The van der Waals surface area contributed by atoms with Gasteiger partial charge in [-0.25, -0.2) is 4.79 Å². The van der Waals surface area contributed by atoms with Crippen LogP contribution in [-0.2, 0) is 23.7 Å². The second kappa shape index (κ2) is 15.4. The number of aliphatic hydroxyl groups excluding tert-OH is 8. The van der Waals surface area contributed by atoms with Crippen LogP contribution in [0.15, 0.2) is 0 Å². The van der Waals surface area contributed by atoms with E-state index in [1.165, 1.54) is 0 Å². The van der Waals surface area contributed by atoms with Crippen molar-refractivity contribution in [2.75, 3.05) is 13.2 Å². The molecule has 3 aliphatic rings. The minimum Gasteiger partial charge on any atom is -0.444 e. The van der Waals surface area contributed by atoms with Crippen molar-refractivity contribution in [2.45, 2.75) is 139 Å². The van der Waals surface area contributed by atoms with E-state index in [9.17, 15) is 50.4 Å². The number of rotatable bonds is 9. The van der Waals surface area contributed by atoms with Crippen LogP contribution in [0.4, 0.5) is 4.79 Å². The van der Waals surface area contributed by atoms with E-state index in [0.717, 1.165) is 0 Å². The Balaban J connectivity index is 1.85. The van der Waals surface area contributed by atoms with Gasteiger partial charge in [0.1, 0.15) is 54.4 Å². The quantitative estimate of drug-likeness (QED) is 0.112. The summed E-state index contributed by atoms with van der Waals surface area (Å²) >= 11 is 0. The number of hydrogen-bond acceptors (Lipinski definition) is 15. The van der Waals surface area contributed by atoms with Crippen LogP contribution >= 0.6 is 0 Å². The maximum Gasteiger partial charge on any atom is 0.407 e. The molecule has 0 aromatic heterocycles. The summed E-state index contributed by atoms with van der Waals surface area (Å²) in [7, 11) is 0. The highest BCUT2D eigenvalue weighted by Crippen LogP contribution is 2.41. The van der Waals surface area contributed by atoms with Gasteiger partial charge < -0.3 is 76.2 Å². The molecule has 17 heteroatoms. The van der Waals surface area contributed by atoms with Crippen LogP contribution in [0, 0.1) is 11.8 Å². The van der Waals surface area contributed by atoms with Crippen molar-refractivity contribution in [3.05, 3.63) is 0 Å². The Hall–Kier alpha value is -1.74. The first kappa shape index (κ1) is 37.7. The van der Waals surface area contributed by atoms with Crippen LogP contribution in [0.25, 0.3) is 0 Å². The third-order valence-corrected chi connectivity index (χ3v) is 8.64. The molecule has 262 valence electrons. The molecular weight excluding hydrogens is 602 g/mol. The standard InChI is InChI=1S/C28H51N3O14/c1-6-13-18(35)21(38)22(39)24(42-13)15-10(2)7-11(31-25(40)12(33)8-30-27(41)45-28(3,4)5)23(19(15)36)44-26-20(37)16(29)17(34)14(9-32)43-26/h10-24,26,32-39H,6-9,29H2,1-5H3,(H,30,41)(H,31,40). The van der Waals surface area contributed by atoms with Gasteiger partial charge in [-0.3, -0.25) is 4.79 Å². The zero-order valence-corrected chi connectivity index (χ0v) is 26.2. The molecule has 16 atom stereocenters. The summed E-state index contributed by atoms with van der Waals surface area (Å²) in [6.45, 7) is 7.17. The average Bonchev–Trinajstić information content (AvgIpc) is 2.96. The van der Waals surface area contributed by atoms with Gasteiger partial charge in [0.15, 0.2) is 6.29 Å². The zero-order valence-electron chi connectivity index (χ0n) is 26.2. The molecule has 16 unspecified atom stereocenters. The van der Waals surface area contributed by atoms with E-state index in [1.807, 2.05) is 0 Å². The predicted molar refractivity (Wildman–Crippen MR) is 153 cm³/mol. The molecule has 45 heavy (non-hydrogen) atoms. The van der Waals surface area contributed by atoms with Crippen molar-refractivity contribution in [2.24, 2.45) is 17.6 Å². The normalized spacial score (nSPS) is 43.3. The lowest BCUT2D eigenvalue weighted by atomic mass is 9.69. The average molecular weight is 654 g/mol. The Bertz CT molecular complexity index is 983. The molecule has 2 saturated heterocycles. The summed E-state index contributed by atoms with van der Waals surface area (Å²) < 4.78 is 22.6. The van der Waals surface area contributed by atoms with Gasteiger partial charge in [0, 0.05) is 5.92 Å². The van der Waals surface area contributed by atoms with E-state index in [0.29, 0.717) is 0 Å². The third-order valence-electron chi connectivity index (χ3n) is 8.64. The largest absolute Gasteiger partial charge is 0.444 e. The van der Waals surface area contributed by atoms with Gasteiger partial charge in [0.2, 0.25) is 0 Å². The van der Waals surface area contributed by atoms with Crippen LogP contribution in [0.2, 0.25) is 0 Å². The fourth-order valence-corrected chi connectivity index (χ4v) is 6.20. The van der Waals surface area contributed by atoms with Crippen LogP contribution in [0.3, 0.4) is 0 Å². The number of hydrogen-bond donors (Lipinski definition) is 11. The summed E-state index contributed by atoms with van der Waals surface area (Å²) in [5, 5.41) is 89.5. The Morgan fingerprint density at radius 3 is 2.18 bits per heavy atom. The number of ether oxygens (including phenoxy) is 4. The number of carbonyl (C=O) groups excluding carboxylic acids is 2. The summed E-state index contributed by atoms with van der Waals surface area (Å²) in [6, 6.07) is -2.37. The van der Waals surface area contributed by atoms with Gasteiger partial charge in [-0.1, -0.05) is 13.8 Å². The smallest absolute Gasteiger partial charge is 0.407 e. The molecule has 2 amide bonds. The fourth-order valence-electron chi connectivity index (χ4n) is 6.20. The molecule has 12 N–H and O–H groups in total.